The Morgan fingerprint density at radius 2 is 1.57 bits per heavy atom. The van der Waals surface area contributed by atoms with Crippen molar-refractivity contribution in [3.05, 3.63) is 35.9 Å². The van der Waals surface area contributed by atoms with Crippen LogP contribution in [0.3, 0.4) is 0 Å². The standard InChI is InChI=1S/C34H52N6O6/c1-10-14-22(26(42)29(44)36-18-23(41)35-17-20-15-12-11-13-16-20)37-28(43)25-24-21(34(24,8)9)19-40(25)30(45)27(32(2,3)4)38-31(46)39-33(5,6)7/h11-13,15-16,21-22,24-25,27H,10,14,17-19H2,1-9H3,(H,35,41)(H,36,44)(H,37,43)(H2,38,39,46)/t21-,22?,24?,25-,27+/m0/s1. The lowest BCUT2D eigenvalue weighted by atomic mass is 9.85. The van der Waals surface area contributed by atoms with Crippen molar-refractivity contribution in [3.63, 3.8) is 0 Å². The molecule has 254 valence electrons. The summed E-state index contributed by atoms with van der Waals surface area (Å²) in [5.74, 6) is -3.24. The monoisotopic (exact) mass is 640 g/mol. The molecule has 46 heavy (non-hydrogen) atoms. The molecule has 5 atom stereocenters. The molecule has 1 saturated heterocycles. The number of nitrogens with zero attached hydrogens (tertiary/aromatic N) is 1. The maximum absolute atomic E-state index is 14.1. The molecule has 1 heterocycles. The van der Waals surface area contributed by atoms with Gasteiger partial charge in [0.1, 0.15) is 12.1 Å². The van der Waals surface area contributed by atoms with E-state index in [9.17, 15) is 28.8 Å². The van der Waals surface area contributed by atoms with E-state index >= 15 is 0 Å². The normalized spacial score (nSPS) is 21.2. The van der Waals surface area contributed by atoms with Gasteiger partial charge in [0.15, 0.2) is 0 Å². The van der Waals surface area contributed by atoms with Crippen molar-refractivity contribution >= 4 is 35.4 Å². The topological polar surface area (TPSA) is 166 Å². The van der Waals surface area contributed by atoms with E-state index < -0.39 is 65.2 Å². The van der Waals surface area contributed by atoms with E-state index in [0.717, 1.165) is 5.56 Å². The van der Waals surface area contributed by atoms with E-state index in [-0.39, 0.29) is 36.1 Å². The van der Waals surface area contributed by atoms with Crippen LogP contribution in [0.5, 0.6) is 0 Å². The Morgan fingerprint density at radius 3 is 2.13 bits per heavy atom. The number of amides is 6. The summed E-state index contributed by atoms with van der Waals surface area (Å²) in [5, 5.41) is 13.5. The minimum absolute atomic E-state index is 0.0780. The summed E-state index contributed by atoms with van der Waals surface area (Å²) >= 11 is 0. The van der Waals surface area contributed by atoms with Crippen LogP contribution in [0.15, 0.2) is 30.3 Å². The number of Topliss-reactive ketones (excluding diaryl/α,β-unsaturated/α-hetero) is 1. The molecule has 1 aliphatic carbocycles. The summed E-state index contributed by atoms with van der Waals surface area (Å²) in [6.45, 7) is 17.2. The van der Waals surface area contributed by atoms with Crippen molar-refractivity contribution in [2.24, 2.45) is 22.7 Å². The Kier molecular flexibility index (Phi) is 11.3. The second-order valence-electron chi connectivity index (χ2n) is 15.2. The fraction of sp³-hybridized carbons (Fsp3) is 0.647. The van der Waals surface area contributed by atoms with Crippen LogP contribution in [-0.2, 0) is 30.5 Å². The number of rotatable bonds is 12. The lowest BCUT2D eigenvalue weighted by Gasteiger charge is -2.38. The zero-order chi connectivity index (χ0) is 34.6. The highest BCUT2D eigenvalue weighted by atomic mass is 16.2. The van der Waals surface area contributed by atoms with Gasteiger partial charge >= 0.3 is 6.03 Å². The predicted molar refractivity (Wildman–Crippen MR) is 174 cm³/mol. The molecule has 0 spiro atoms. The predicted octanol–water partition coefficient (Wildman–Crippen LogP) is 2.27. The third-order valence-electron chi connectivity index (χ3n) is 8.81. The Labute approximate surface area is 272 Å². The molecule has 2 unspecified atom stereocenters. The van der Waals surface area contributed by atoms with Crippen LogP contribution in [0.1, 0.15) is 80.7 Å². The van der Waals surface area contributed by atoms with Gasteiger partial charge in [0.2, 0.25) is 23.5 Å². The molecular formula is C34H52N6O6. The highest BCUT2D eigenvalue weighted by Gasteiger charge is 2.69. The molecule has 12 heteroatoms. The zero-order valence-corrected chi connectivity index (χ0v) is 28.7. The van der Waals surface area contributed by atoms with Gasteiger partial charge in [-0.3, -0.25) is 24.0 Å². The first kappa shape index (κ1) is 36.5. The maximum Gasteiger partial charge on any atom is 0.315 e. The van der Waals surface area contributed by atoms with Crippen molar-refractivity contribution < 1.29 is 28.8 Å². The SMILES string of the molecule is CCCC(NC(=O)[C@@H]1C2[C@H](CN1C(=O)[C@@H](NC(=O)NC(C)(C)C)C(C)(C)C)C2(C)C)C(=O)C(=O)NCC(=O)NCc1ccccc1. The van der Waals surface area contributed by atoms with Crippen molar-refractivity contribution in [1.82, 2.24) is 31.5 Å². The number of hydrogen-bond donors (Lipinski definition) is 5. The molecule has 6 amide bonds. The van der Waals surface area contributed by atoms with Gasteiger partial charge in [-0.2, -0.15) is 0 Å². The smallest absolute Gasteiger partial charge is 0.315 e. The van der Waals surface area contributed by atoms with Crippen molar-refractivity contribution in [2.45, 2.75) is 105 Å². The molecule has 0 bridgehead atoms. The average Bonchev–Trinajstić information content (AvgIpc) is 3.27. The third-order valence-corrected chi connectivity index (χ3v) is 8.81. The molecule has 1 aliphatic heterocycles. The van der Waals surface area contributed by atoms with E-state index in [1.165, 1.54) is 4.90 Å². The summed E-state index contributed by atoms with van der Waals surface area (Å²) in [6.07, 6.45) is 0.709. The number of nitrogens with one attached hydrogen (secondary N) is 5. The van der Waals surface area contributed by atoms with Gasteiger partial charge in [-0.15, -0.1) is 0 Å². The number of benzene rings is 1. The van der Waals surface area contributed by atoms with Crippen LogP contribution >= 0.6 is 0 Å². The lowest BCUT2D eigenvalue weighted by Crippen LogP contribution is -2.62. The zero-order valence-electron chi connectivity index (χ0n) is 28.7. The molecule has 1 aromatic carbocycles. The van der Waals surface area contributed by atoms with Gasteiger partial charge in [-0.25, -0.2) is 4.79 Å². The minimum Gasteiger partial charge on any atom is -0.350 e. The van der Waals surface area contributed by atoms with Gasteiger partial charge in [-0.1, -0.05) is 78.3 Å². The van der Waals surface area contributed by atoms with E-state index in [0.29, 0.717) is 13.0 Å². The summed E-state index contributed by atoms with van der Waals surface area (Å²) in [7, 11) is 0. The highest BCUT2D eigenvalue weighted by Crippen LogP contribution is 2.65. The Hall–Kier alpha value is -3.96. The molecule has 1 saturated carbocycles. The summed E-state index contributed by atoms with van der Waals surface area (Å²) < 4.78 is 0. The van der Waals surface area contributed by atoms with Gasteiger partial charge in [0, 0.05) is 18.6 Å². The first-order chi connectivity index (χ1) is 21.3. The van der Waals surface area contributed by atoms with E-state index in [1.807, 2.05) is 92.6 Å². The van der Waals surface area contributed by atoms with E-state index in [1.54, 1.807) is 0 Å². The van der Waals surface area contributed by atoms with Crippen LogP contribution < -0.4 is 26.6 Å². The number of urea groups is 1. The Morgan fingerprint density at radius 1 is 0.935 bits per heavy atom. The Balaban J connectivity index is 1.70. The van der Waals surface area contributed by atoms with E-state index in [4.69, 9.17) is 0 Å². The van der Waals surface area contributed by atoms with Crippen molar-refractivity contribution in [2.75, 3.05) is 13.1 Å². The number of likely N-dealkylation sites (tertiary alicyclic amines) is 1. The van der Waals surface area contributed by atoms with Crippen LogP contribution in [0.2, 0.25) is 0 Å². The van der Waals surface area contributed by atoms with Gasteiger partial charge in [-0.05, 0) is 55.4 Å². The minimum atomic E-state index is -1.13. The molecule has 2 aliphatic rings. The van der Waals surface area contributed by atoms with Crippen molar-refractivity contribution in [3.8, 4) is 0 Å². The fourth-order valence-corrected chi connectivity index (χ4v) is 6.22. The second-order valence-corrected chi connectivity index (χ2v) is 15.2. The summed E-state index contributed by atoms with van der Waals surface area (Å²) in [5.41, 5.74) is -0.484. The molecular weight excluding hydrogens is 588 g/mol. The van der Waals surface area contributed by atoms with Crippen LogP contribution in [0.25, 0.3) is 0 Å². The van der Waals surface area contributed by atoms with Gasteiger partial charge in [0.25, 0.3) is 5.91 Å². The average molecular weight is 641 g/mol. The molecule has 12 nitrogen and oxygen atoms in total. The number of carbonyl (C=O) groups excluding carboxylic acids is 6. The Bertz CT molecular complexity index is 1320. The molecule has 5 N–H and O–H groups in total. The molecule has 2 fully saturated rings. The molecule has 3 rings (SSSR count). The molecule has 0 radical (unpaired) electrons. The van der Waals surface area contributed by atoms with Gasteiger partial charge in [0.05, 0.1) is 12.6 Å². The second kappa shape index (κ2) is 14.2. The lowest BCUT2D eigenvalue weighted by molar-refractivity contribution is -0.145. The quantitative estimate of drug-likeness (QED) is 0.220. The van der Waals surface area contributed by atoms with Crippen LogP contribution in [-0.4, -0.2) is 77.1 Å². The number of ketones is 1. The highest BCUT2D eigenvalue weighted by molar-refractivity contribution is 6.38. The largest absolute Gasteiger partial charge is 0.350 e. The molecule has 1 aromatic rings. The maximum atomic E-state index is 14.1. The summed E-state index contributed by atoms with van der Waals surface area (Å²) in [6, 6.07) is 5.87. The van der Waals surface area contributed by atoms with Crippen LogP contribution in [0, 0.1) is 22.7 Å². The third kappa shape index (κ3) is 9.07. The number of fused-ring (bicyclic) bond motifs is 1. The van der Waals surface area contributed by atoms with E-state index in [2.05, 4.69) is 26.6 Å². The first-order valence-corrected chi connectivity index (χ1v) is 16.1. The first-order valence-electron chi connectivity index (χ1n) is 16.1. The number of hydrogen-bond acceptors (Lipinski definition) is 6. The molecule has 0 aromatic heterocycles. The van der Waals surface area contributed by atoms with Crippen molar-refractivity contribution in [1.29, 1.82) is 0 Å². The van der Waals surface area contributed by atoms with Crippen LogP contribution in [0.4, 0.5) is 4.79 Å². The fourth-order valence-electron chi connectivity index (χ4n) is 6.22. The number of carbonyl (C=O) groups is 6. The van der Waals surface area contributed by atoms with Gasteiger partial charge < -0.3 is 31.5 Å². The summed E-state index contributed by atoms with van der Waals surface area (Å²) in [4.78, 5) is 80.6. The number of piperidine rings is 1.